The Hall–Kier alpha value is -3.43. The molecule has 32 heavy (non-hydrogen) atoms. The van der Waals surface area contributed by atoms with Crippen LogP contribution in [-0.4, -0.2) is 31.8 Å². The van der Waals surface area contributed by atoms with E-state index in [4.69, 9.17) is 9.72 Å². The third-order valence-electron chi connectivity index (χ3n) is 5.06. The number of benzene rings is 2. The highest BCUT2D eigenvalue weighted by molar-refractivity contribution is 7.99. The summed E-state index contributed by atoms with van der Waals surface area (Å²) in [5.74, 6) is 1.36. The van der Waals surface area contributed by atoms with Gasteiger partial charge in [0.2, 0.25) is 0 Å². The van der Waals surface area contributed by atoms with Crippen molar-refractivity contribution in [1.82, 2.24) is 24.7 Å². The molecule has 0 saturated carbocycles. The molecule has 1 unspecified atom stereocenters. The Bertz CT molecular complexity index is 1440. The van der Waals surface area contributed by atoms with Gasteiger partial charge in [-0.25, -0.2) is 4.98 Å². The Morgan fingerprint density at radius 1 is 1.16 bits per heavy atom. The van der Waals surface area contributed by atoms with Crippen molar-refractivity contribution < 1.29 is 4.74 Å². The van der Waals surface area contributed by atoms with Crippen molar-refractivity contribution in [2.75, 3.05) is 7.11 Å². The molecule has 1 N–H and O–H groups in total. The van der Waals surface area contributed by atoms with E-state index in [0.29, 0.717) is 16.4 Å². The number of aromatic amines is 1. The molecule has 0 spiro atoms. The third-order valence-corrected chi connectivity index (χ3v) is 7.00. The second-order valence-corrected chi connectivity index (χ2v) is 9.26. The molecular weight excluding hydrogens is 442 g/mol. The van der Waals surface area contributed by atoms with Crippen LogP contribution < -0.4 is 10.3 Å². The van der Waals surface area contributed by atoms with Gasteiger partial charge in [0, 0.05) is 17.0 Å². The van der Waals surface area contributed by atoms with E-state index in [1.54, 1.807) is 13.4 Å². The van der Waals surface area contributed by atoms with Crippen molar-refractivity contribution in [2.24, 2.45) is 0 Å². The van der Waals surface area contributed by atoms with Crippen LogP contribution in [0.2, 0.25) is 0 Å². The van der Waals surface area contributed by atoms with E-state index >= 15 is 0 Å². The zero-order valence-electron chi connectivity index (χ0n) is 17.4. The van der Waals surface area contributed by atoms with Crippen molar-refractivity contribution in [3.8, 4) is 22.6 Å². The number of aromatic nitrogens is 5. The summed E-state index contributed by atoms with van der Waals surface area (Å²) >= 11 is 2.96. The Morgan fingerprint density at radius 2 is 2.00 bits per heavy atom. The van der Waals surface area contributed by atoms with Gasteiger partial charge >= 0.3 is 0 Å². The maximum atomic E-state index is 13.0. The number of methoxy groups -OCH3 is 1. The molecule has 5 rings (SSSR count). The average Bonchev–Trinajstić information content (AvgIpc) is 3.47. The molecule has 5 aromatic rings. The van der Waals surface area contributed by atoms with Gasteiger partial charge in [-0.3, -0.25) is 9.36 Å². The minimum atomic E-state index is -0.136. The van der Waals surface area contributed by atoms with Crippen LogP contribution in [0.1, 0.15) is 18.0 Å². The highest BCUT2D eigenvalue weighted by Crippen LogP contribution is 2.35. The highest BCUT2D eigenvalue weighted by Gasteiger charge is 2.19. The number of H-pyrrole nitrogens is 1. The van der Waals surface area contributed by atoms with E-state index in [1.165, 1.54) is 23.1 Å². The van der Waals surface area contributed by atoms with Crippen LogP contribution >= 0.6 is 23.1 Å². The molecule has 9 heteroatoms. The molecule has 2 aromatic carbocycles. The maximum Gasteiger partial charge on any atom is 0.260 e. The summed E-state index contributed by atoms with van der Waals surface area (Å²) in [5, 5.41) is 11.5. The zero-order valence-corrected chi connectivity index (χ0v) is 19.0. The van der Waals surface area contributed by atoms with Gasteiger partial charge in [-0.05, 0) is 24.6 Å². The van der Waals surface area contributed by atoms with Gasteiger partial charge in [-0.15, -0.1) is 21.5 Å². The first-order chi connectivity index (χ1) is 15.6. The van der Waals surface area contributed by atoms with Gasteiger partial charge in [-0.2, -0.15) is 0 Å². The van der Waals surface area contributed by atoms with Crippen LogP contribution in [0.25, 0.3) is 27.0 Å². The Balaban J connectivity index is 1.46. The quantitative estimate of drug-likeness (QED) is 0.354. The number of thioether (sulfide) groups is 1. The number of rotatable bonds is 6. The number of fused-ring (bicyclic) bond motifs is 1. The summed E-state index contributed by atoms with van der Waals surface area (Å²) in [6, 6.07) is 17.6. The lowest BCUT2D eigenvalue weighted by Gasteiger charge is -2.12. The largest absolute Gasteiger partial charge is 0.497 e. The predicted molar refractivity (Wildman–Crippen MR) is 128 cm³/mol. The third kappa shape index (κ3) is 3.80. The van der Waals surface area contributed by atoms with E-state index < -0.39 is 0 Å². The molecule has 3 aromatic heterocycles. The molecule has 0 radical (unpaired) electrons. The maximum absolute atomic E-state index is 13.0. The second kappa shape index (κ2) is 8.60. The first-order valence-electron chi connectivity index (χ1n) is 9.92. The Morgan fingerprint density at radius 3 is 2.81 bits per heavy atom. The van der Waals surface area contributed by atoms with Gasteiger partial charge in [0.15, 0.2) is 5.16 Å². The van der Waals surface area contributed by atoms with E-state index in [-0.39, 0.29) is 10.8 Å². The average molecular weight is 462 g/mol. The summed E-state index contributed by atoms with van der Waals surface area (Å²) in [4.78, 5) is 21.4. The lowest BCUT2D eigenvalue weighted by molar-refractivity contribution is 0.414. The van der Waals surface area contributed by atoms with E-state index in [2.05, 4.69) is 15.2 Å². The number of nitrogens with zero attached hydrogens (tertiary/aromatic N) is 4. The molecule has 0 fully saturated rings. The lowest BCUT2D eigenvalue weighted by atomic mass is 10.1. The summed E-state index contributed by atoms with van der Waals surface area (Å²) in [6.45, 7) is 1.99. The van der Waals surface area contributed by atoms with E-state index in [1.807, 2.05) is 71.5 Å². The smallest absolute Gasteiger partial charge is 0.260 e. The molecule has 3 heterocycles. The predicted octanol–water partition coefficient (Wildman–Crippen LogP) is 5.09. The molecule has 1 atom stereocenters. The van der Waals surface area contributed by atoms with Gasteiger partial charge in [0.25, 0.3) is 5.56 Å². The first-order valence-corrected chi connectivity index (χ1v) is 11.7. The van der Waals surface area contributed by atoms with E-state index in [9.17, 15) is 4.79 Å². The minimum absolute atomic E-state index is 0.133. The number of nitrogens with one attached hydrogen (secondary N) is 1. The molecule has 7 nitrogen and oxygen atoms in total. The molecule has 0 saturated heterocycles. The van der Waals surface area contributed by atoms with Crippen molar-refractivity contribution in [3.05, 3.63) is 82.5 Å². The molecule has 160 valence electrons. The van der Waals surface area contributed by atoms with Gasteiger partial charge in [0.1, 0.15) is 22.7 Å². The normalized spacial score (nSPS) is 12.2. The molecular formula is C23H19N5O2S2. The SMILES string of the molecule is COc1cccc(-n2cnnc2SC(C)c2nc3scc(-c4ccccc4)c3c(=O)[nH]2)c1. The molecule has 0 bridgehead atoms. The Kier molecular flexibility index (Phi) is 5.50. The first kappa shape index (κ1) is 20.5. The van der Waals surface area contributed by atoms with Crippen LogP contribution in [0.15, 0.2) is 76.3 Å². The van der Waals surface area contributed by atoms with Gasteiger partial charge in [0.05, 0.1) is 23.4 Å². The van der Waals surface area contributed by atoms with Crippen LogP contribution in [0.4, 0.5) is 0 Å². The van der Waals surface area contributed by atoms with Crippen LogP contribution in [0.5, 0.6) is 5.75 Å². The number of ether oxygens (including phenoxy) is 1. The molecule has 0 amide bonds. The van der Waals surface area contributed by atoms with Gasteiger partial charge < -0.3 is 9.72 Å². The van der Waals surface area contributed by atoms with Crippen molar-refractivity contribution in [3.63, 3.8) is 0 Å². The lowest BCUT2D eigenvalue weighted by Crippen LogP contribution is -2.12. The van der Waals surface area contributed by atoms with Crippen molar-refractivity contribution in [1.29, 1.82) is 0 Å². The summed E-state index contributed by atoms with van der Waals surface area (Å²) in [7, 11) is 1.63. The molecule has 0 aliphatic carbocycles. The van der Waals surface area contributed by atoms with Crippen molar-refractivity contribution >= 4 is 33.3 Å². The highest BCUT2D eigenvalue weighted by atomic mass is 32.2. The fraction of sp³-hybridized carbons (Fsp3) is 0.130. The number of hydrogen-bond acceptors (Lipinski definition) is 7. The standard InChI is InChI=1S/C23H19N5O2S2/c1-14(32-23-27-24-13-28(23)16-9-6-10-17(11-16)30-2)20-25-21(29)19-18(12-31-22(19)26-20)15-7-4-3-5-8-15/h3-14H,1-2H3,(H,25,26,29). The summed E-state index contributed by atoms with van der Waals surface area (Å²) in [5.41, 5.74) is 2.68. The van der Waals surface area contributed by atoms with Crippen molar-refractivity contribution in [2.45, 2.75) is 17.3 Å². The van der Waals surface area contributed by atoms with E-state index in [0.717, 1.165) is 27.4 Å². The monoisotopic (exact) mass is 461 g/mol. The second-order valence-electron chi connectivity index (χ2n) is 7.09. The number of thiophene rings is 1. The fourth-order valence-electron chi connectivity index (χ4n) is 3.44. The minimum Gasteiger partial charge on any atom is -0.497 e. The molecule has 0 aliphatic heterocycles. The topological polar surface area (TPSA) is 85.7 Å². The fourth-order valence-corrected chi connectivity index (χ4v) is 5.30. The van der Waals surface area contributed by atoms with Gasteiger partial charge in [-0.1, -0.05) is 48.2 Å². The summed E-state index contributed by atoms with van der Waals surface area (Å²) in [6.07, 6.45) is 1.66. The Labute approximate surface area is 192 Å². The zero-order chi connectivity index (χ0) is 22.1. The van der Waals surface area contributed by atoms with Crippen LogP contribution in [0.3, 0.4) is 0 Å². The number of hydrogen-bond donors (Lipinski definition) is 1. The molecule has 0 aliphatic rings. The summed E-state index contributed by atoms with van der Waals surface area (Å²) < 4.78 is 7.21. The van der Waals surface area contributed by atoms with Crippen LogP contribution in [-0.2, 0) is 0 Å². The van der Waals surface area contributed by atoms with Crippen LogP contribution in [0, 0.1) is 0 Å².